The molecule has 0 radical (unpaired) electrons. The normalized spacial score (nSPS) is 30.7. The van der Waals surface area contributed by atoms with Crippen molar-refractivity contribution in [3.8, 4) is 0 Å². The first kappa shape index (κ1) is 13.9. The third-order valence-electron chi connectivity index (χ3n) is 4.83. The van der Waals surface area contributed by atoms with Crippen LogP contribution in [0.1, 0.15) is 52.4 Å². The van der Waals surface area contributed by atoms with Crippen LogP contribution in [0.4, 0.5) is 0 Å². The molecule has 2 aliphatic rings. The molecule has 2 bridgehead atoms. The number of amides is 1. The molecule has 1 amide bonds. The van der Waals surface area contributed by atoms with Gasteiger partial charge in [0.15, 0.2) is 0 Å². The van der Waals surface area contributed by atoms with E-state index in [1.54, 1.807) is 0 Å². The van der Waals surface area contributed by atoms with Gasteiger partial charge < -0.3 is 10.4 Å². The SMILES string of the molecule is CC(C)(CO)CCCNC(=O)C1CC2CCC1C2. The molecule has 0 saturated heterocycles. The first-order chi connectivity index (χ1) is 8.52. The van der Waals surface area contributed by atoms with Crippen LogP contribution >= 0.6 is 0 Å². The molecule has 3 nitrogen and oxygen atoms in total. The number of aliphatic hydroxyl groups is 1. The molecular formula is C15H27NO2. The lowest BCUT2D eigenvalue weighted by atomic mass is 9.87. The highest BCUT2D eigenvalue weighted by atomic mass is 16.3. The molecule has 0 aromatic carbocycles. The molecule has 0 aromatic heterocycles. The quantitative estimate of drug-likeness (QED) is 0.714. The number of nitrogens with one attached hydrogen (secondary N) is 1. The second-order valence-electron chi connectivity index (χ2n) is 7.00. The van der Waals surface area contributed by atoms with E-state index in [9.17, 15) is 4.79 Å². The van der Waals surface area contributed by atoms with Crippen molar-refractivity contribution in [3.05, 3.63) is 0 Å². The fraction of sp³-hybridized carbons (Fsp3) is 0.933. The lowest BCUT2D eigenvalue weighted by Crippen LogP contribution is -2.34. The van der Waals surface area contributed by atoms with E-state index in [1.165, 1.54) is 19.3 Å². The van der Waals surface area contributed by atoms with Gasteiger partial charge in [-0.15, -0.1) is 0 Å². The average Bonchev–Trinajstić information content (AvgIpc) is 2.96. The maximum absolute atomic E-state index is 12.1. The summed E-state index contributed by atoms with van der Waals surface area (Å²) in [5.41, 5.74) is -0.0167. The van der Waals surface area contributed by atoms with Crippen LogP contribution in [0.3, 0.4) is 0 Å². The van der Waals surface area contributed by atoms with Crippen LogP contribution in [0, 0.1) is 23.2 Å². The summed E-state index contributed by atoms with van der Waals surface area (Å²) in [5, 5.41) is 12.2. The van der Waals surface area contributed by atoms with Gasteiger partial charge in [-0.3, -0.25) is 4.79 Å². The summed E-state index contributed by atoms with van der Waals surface area (Å²) in [7, 11) is 0. The molecule has 2 saturated carbocycles. The zero-order chi connectivity index (χ0) is 13.2. The molecule has 0 aliphatic heterocycles. The molecule has 3 heteroatoms. The zero-order valence-corrected chi connectivity index (χ0v) is 11.7. The van der Waals surface area contributed by atoms with Crippen molar-refractivity contribution in [1.29, 1.82) is 0 Å². The minimum atomic E-state index is -0.0167. The van der Waals surface area contributed by atoms with Crippen LogP contribution in [0.5, 0.6) is 0 Å². The van der Waals surface area contributed by atoms with E-state index in [1.807, 2.05) is 0 Å². The number of carbonyl (C=O) groups excluding carboxylic acids is 1. The summed E-state index contributed by atoms with van der Waals surface area (Å²) in [6.07, 6.45) is 6.94. The first-order valence-electron chi connectivity index (χ1n) is 7.40. The highest BCUT2D eigenvalue weighted by molar-refractivity contribution is 5.79. The summed E-state index contributed by atoms with van der Waals surface area (Å²) in [6, 6.07) is 0. The molecule has 2 fully saturated rings. The number of hydrogen-bond donors (Lipinski definition) is 2. The summed E-state index contributed by atoms with van der Waals surface area (Å²) in [4.78, 5) is 12.1. The summed E-state index contributed by atoms with van der Waals surface area (Å²) >= 11 is 0. The van der Waals surface area contributed by atoms with Gasteiger partial charge >= 0.3 is 0 Å². The Morgan fingerprint density at radius 1 is 1.33 bits per heavy atom. The van der Waals surface area contributed by atoms with E-state index in [4.69, 9.17) is 5.11 Å². The van der Waals surface area contributed by atoms with Gasteiger partial charge in [0, 0.05) is 19.1 Å². The Kier molecular flexibility index (Phi) is 4.31. The van der Waals surface area contributed by atoms with Gasteiger partial charge in [0.05, 0.1) is 0 Å². The third kappa shape index (κ3) is 3.25. The molecule has 0 heterocycles. The van der Waals surface area contributed by atoms with Crippen molar-refractivity contribution < 1.29 is 9.90 Å². The predicted octanol–water partition coefficient (Wildman–Crippen LogP) is 2.34. The maximum atomic E-state index is 12.1. The van der Waals surface area contributed by atoms with Crippen molar-refractivity contribution in [1.82, 2.24) is 5.32 Å². The largest absolute Gasteiger partial charge is 0.396 e. The van der Waals surface area contributed by atoms with Crippen molar-refractivity contribution in [2.75, 3.05) is 13.2 Å². The van der Waals surface area contributed by atoms with E-state index in [2.05, 4.69) is 19.2 Å². The highest BCUT2D eigenvalue weighted by Crippen LogP contribution is 2.48. The molecule has 104 valence electrons. The van der Waals surface area contributed by atoms with E-state index >= 15 is 0 Å². The lowest BCUT2D eigenvalue weighted by Gasteiger charge is -2.23. The van der Waals surface area contributed by atoms with Gasteiger partial charge in [0.25, 0.3) is 0 Å². The van der Waals surface area contributed by atoms with Crippen LogP contribution < -0.4 is 5.32 Å². The summed E-state index contributed by atoms with van der Waals surface area (Å²) in [5.74, 6) is 2.08. The second-order valence-corrected chi connectivity index (χ2v) is 7.00. The molecule has 0 spiro atoms. The third-order valence-corrected chi connectivity index (χ3v) is 4.83. The van der Waals surface area contributed by atoms with Crippen molar-refractivity contribution in [3.63, 3.8) is 0 Å². The maximum Gasteiger partial charge on any atom is 0.223 e. The number of fused-ring (bicyclic) bond motifs is 2. The summed E-state index contributed by atoms with van der Waals surface area (Å²) < 4.78 is 0. The smallest absolute Gasteiger partial charge is 0.223 e. The first-order valence-corrected chi connectivity index (χ1v) is 7.40. The van der Waals surface area contributed by atoms with Crippen LogP contribution in [0.2, 0.25) is 0 Å². The number of aliphatic hydroxyl groups excluding tert-OH is 1. The van der Waals surface area contributed by atoms with Crippen LogP contribution in [-0.2, 0) is 4.79 Å². The van der Waals surface area contributed by atoms with Gasteiger partial charge in [0.1, 0.15) is 0 Å². The molecule has 3 unspecified atom stereocenters. The Labute approximate surface area is 110 Å². The van der Waals surface area contributed by atoms with E-state index in [0.29, 0.717) is 11.8 Å². The standard InChI is InChI=1S/C15H27NO2/c1-15(2,10-17)6-3-7-16-14(18)13-9-11-4-5-12(13)8-11/h11-13,17H,3-10H2,1-2H3,(H,16,18). The van der Waals surface area contributed by atoms with Gasteiger partial charge in [-0.05, 0) is 49.4 Å². The number of carbonyl (C=O) groups is 1. The van der Waals surface area contributed by atoms with Crippen molar-refractivity contribution >= 4 is 5.91 Å². The molecule has 3 atom stereocenters. The monoisotopic (exact) mass is 253 g/mol. The lowest BCUT2D eigenvalue weighted by molar-refractivity contribution is -0.126. The molecule has 2 rings (SSSR count). The minimum Gasteiger partial charge on any atom is -0.396 e. The van der Waals surface area contributed by atoms with Crippen LogP contribution in [0.15, 0.2) is 0 Å². The van der Waals surface area contributed by atoms with Crippen LogP contribution in [0.25, 0.3) is 0 Å². The van der Waals surface area contributed by atoms with Crippen molar-refractivity contribution in [2.24, 2.45) is 23.2 Å². The molecule has 2 N–H and O–H groups in total. The molecule has 0 aromatic rings. The fourth-order valence-electron chi connectivity index (χ4n) is 3.55. The zero-order valence-electron chi connectivity index (χ0n) is 11.7. The molecular weight excluding hydrogens is 226 g/mol. The fourth-order valence-corrected chi connectivity index (χ4v) is 3.55. The Balaban J connectivity index is 1.64. The number of hydrogen-bond acceptors (Lipinski definition) is 2. The van der Waals surface area contributed by atoms with E-state index in [0.717, 1.165) is 31.7 Å². The van der Waals surface area contributed by atoms with E-state index in [-0.39, 0.29) is 17.9 Å². The Morgan fingerprint density at radius 3 is 2.67 bits per heavy atom. The highest BCUT2D eigenvalue weighted by Gasteiger charge is 2.42. The number of rotatable bonds is 6. The minimum absolute atomic E-state index is 0.0167. The second kappa shape index (κ2) is 5.60. The van der Waals surface area contributed by atoms with Gasteiger partial charge in [-0.25, -0.2) is 0 Å². The topological polar surface area (TPSA) is 49.3 Å². The Hall–Kier alpha value is -0.570. The Morgan fingerprint density at radius 2 is 2.11 bits per heavy atom. The predicted molar refractivity (Wildman–Crippen MR) is 72.0 cm³/mol. The van der Waals surface area contributed by atoms with Crippen LogP contribution in [-0.4, -0.2) is 24.2 Å². The molecule has 18 heavy (non-hydrogen) atoms. The molecule has 2 aliphatic carbocycles. The summed E-state index contributed by atoms with van der Waals surface area (Å²) in [6.45, 7) is 5.10. The van der Waals surface area contributed by atoms with Crippen molar-refractivity contribution in [2.45, 2.75) is 52.4 Å². The Bertz CT molecular complexity index is 301. The van der Waals surface area contributed by atoms with Gasteiger partial charge in [-0.2, -0.15) is 0 Å². The average molecular weight is 253 g/mol. The van der Waals surface area contributed by atoms with Gasteiger partial charge in [-0.1, -0.05) is 20.3 Å². The van der Waals surface area contributed by atoms with Gasteiger partial charge in [0.2, 0.25) is 5.91 Å². The van der Waals surface area contributed by atoms with E-state index < -0.39 is 0 Å².